The van der Waals surface area contributed by atoms with E-state index >= 15 is 0 Å². The van der Waals surface area contributed by atoms with Gasteiger partial charge in [0.2, 0.25) is 11.8 Å². The number of nitrogens with zero attached hydrogens (tertiary/aromatic N) is 2. The van der Waals surface area contributed by atoms with Crippen molar-refractivity contribution >= 4 is 10.8 Å². The van der Waals surface area contributed by atoms with Crippen molar-refractivity contribution in [3.63, 3.8) is 0 Å². The quantitative estimate of drug-likeness (QED) is 0.746. The Morgan fingerprint density at radius 3 is 2.56 bits per heavy atom. The van der Waals surface area contributed by atoms with Crippen LogP contribution in [0.1, 0.15) is 18.9 Å². The smallest absolute Gasteiger partial charge is 0.247 e. The van der Waals surface area contributed by atoms with Gasteiger partial charge in [0, 0.05) is 5.56 Å². The fourth-order valence-corrected chi connectivity index (χ4v) is 1.86. The zero-order chi connectivity index (χ0) is 12.5. The fourth-order valence-electron chi connectivity index (χ4n) is 1.86. The molecule has 0 fully saturated rings. The summed E-state index contributed by atoms with van der Waals surface area (Å²) in [4.78, 5) is 0. The van der Waals surface area contributed by atoms with Crippen LogP contribution in [0.25, 0.3) is 22.2 Å². The van der Waals surface area contributed by atoms with Crippen LogP contribution < -0.4 is 5.73 Å². The van der Waals surface area contributed by atoms with Crippen LogP contribution in [0.3, 0.4) is 0 Å². The third kappa shape index (κ3) is 1.87. The molecule has 4 nitrogen and oxygen atoms in total. The summed E-state index contributed by atoms with van der Waals surface area (Å²) in [5.74, 6) is 0.964. The highest BCUT2D eigenvalue weighted by molar-refractivity contribution is 5.86. The van der Waals surface area contributed by atoms with E-state index in [1.165, 1.54) is 5.39 Å². The first-order valence-corrected chi connectivity index (χ1v) is 5.82. The molecule has 1 unspecified atom stereocenters. The van der Waals surface area contributed by atoms with Gasteiger partial charge in [0.25, 0.3) is 0 Å². The van der Waals surface area contributed by atoms with Crippen LogP contribution in [0.5, 0.6) is 0 Å². The molecule has 90 valence electrons. The van der Waals surface area contributed by atoms with Crippen LogP contribution in [0.15, 0.2) is 46.9 Å². The van der Waals surface area contributed by atoms with Gasteiger partial charge >= 0.3 is 0 Å². The molecular formula is C14H13N3O. The van der Waals surface area contributed by atoms with Gasteiger partial charge in [0.05, 0.1) is 6.04 Å². The molecule has 1 atom stereocenters. The average Bonchev–Trinajstić information content (AvgIpc) is 2.88. The lowest BCUT2D eigenvalue weighted by Gasteiger charge is -2.00. The van der Waals surface area contributed by atoms with Crippen molar-refractivity contribution in [3.8, 4) is 11.5 Å². The van der Waals surface area contributed by atoms with Crippen LogP contribution in [0.2, 0.25) is 0 Å². The molecule has 4 heteroatoms. The van der Waals surface area contributed by atoms with Gasteiger partial charge in [-0.1, -0.05) is 30.3 Å². The van der Waals surface area contributed by atoms with Gasteiger partial charge in [-0.15, -0.1) is 10.2 Å². The molecule has 0 amide bonds. The largest absolute Gasteiger partial charge is 0.419 e. The topological polar surface area (TPSA) is 64.9 Å². The number of fused-ring (bicyclic) bond motifs is 1. The molecule has 2 aromatic carbocycles. The van der Waals surface area contributed by atoms with E-state index in [1.807, 2.05) is 37.3 Å². The lowest BCUT2D eigenvalue weighted by Crippen LogP contribution is -2.04. The first kappa shape index (κ1) is 10.9. The van der Waals surface area contributed by atoms with Crippen LogP contribution in [0, 0.1) is 0 Å². The molecular weight excluding hydrogens is 226 g/mol. The van der Waals surface area contributed by atoms with Gasteiger partial charge in [-0.25, -0.2) is 0 Å². The summed E-state index contributed by atoms with van der Waals surface area (Å²) in [5, 5.41) is 10.3. The van der Waals surface area contributed by atoms with E-state index in [9.17, 15) is 0 Å². The zero-order valence-corrected chi connectivity index (χ0v) is 10.00. The minimum atomic E-state index is -0.244. The minimum Gasteiger partial charge on any atom is -0.419 e. The SMILES string of the molecule is CC(N)c1nnc(-c2ccc3ccccc3c2)o1. The van der Waals surface area contributed by atoms with Gasteiger partial charge in [-0.2, -0.15) is 0 Å². The van der Waals surface area contributed by atoms with E-state index < -0.39 is 0 Å². The van der Waals surface area contributed by atoms with E-state index in [1.54, 1.807) is 0 Å². The maximum atomic E-state index is 5.70. The molecule has 2 N–H and O–H groups in total. The van der Waals surface area contributed by atoms with Crippen molar-refractivity contribution in [3.05, 3.63) is 48.4 Å². The van der Waals surface area contributed by atoms with Gasteiger partial charge in [-0.3, -0.25) is 0 Å². The number of aromatic nitrogens is 2. The molecule has 18 heavy (non-hydrogen) atoms. The highest BCUT2D eigenvalue weighted by Gasteiger charge is 2.11. The molecule has 3 aromatic rings. The Hall–Kier alpha value is -2.20. The summed E-state index contributed by atoms with van der Waals surface area (Å²) >= 11 is 0. The molecule has 0 spiro atoms. The first-order valence-electron chi connectivity index (χ1n) is 5.82. The third-order valence-corrected chi connectivity index (χ3v) is 2.83. The van der Waals surface area contributed by atoms with E-state index in [4.69, 9.17) is 10.2 Å². The predicted molar refractivity (Wildman–Crippen MR) is 69.8 cm³/mol. The normalized spacial score (nSPS) is 12.8. The average molecular weight is 239 g/mol. The molecule has 3 rings (SSSR count). The summed E-state index contributed by atoms with van der Waals surface area (Å²) in [6, 6.07) is 14.0. The number of rotatable bonds is 2. The van der Waals surface area contributed by atoms with Crippen LogP contribution in [-0.4, -0.2) is 10.2 Å². The molecule has 0 bridgehead atoms. The molecule has 0 saturated carbocycles. The van der Waals surface area contributed by atoms with Crippen molar-refractivity contribution in [1.82, 2.24) is 10.2 Å². The maximum Gasteiger partial charge on any atom is 0.247 e. The highest BCUT2D eigenvalue weighted by atomic mass is 16.4. The Balaban J connectivity index is 2.07. The Morgan fingerprint density at radius 2 is 1.83 bits per heavy atom. The predicted octanol–water partition coefficient (Wildman–Crippen LogP) is 2.91. The molecule has 0 radical (unpaired) electrons. The van der Waals surface area contributed by atoms with Crippen molar-refractivity contribution in [2.75, 3.05) is 0 Å². The Kier molecular flexibility index (Phi) is 2.57. The van der Waals surface area contributed by atoms with E-state index in [0.717, 1.165) is 10.9 Å². The maximum absolute atomic E-state index is 5.70. The first-order chi connectivity index (χ1) is 8.74. The van der Waals surface area contributed by atoms with Gasteiger partial charge in [0.15, 0.2) is 0 Å². The second-order valence-electron chi connectivity index (χ2n) is 4.30. The van der Waals surface area contributed by atoms with Crippen molar-refractivity contribution in [2.45, 2.75) is 13.0 Å². The summed E-state index contributed by atoms with van der Waals surface area (Å²) in [5.41, 5.74) is 6.61. The Morgan fingerprint density at radius 1 is 1.06 bits per heavy atom. The third-order valence-electron chi connectivity index (χ3n) is 2.83. The molecule has 1 heterocycles. The molecule has 1 aromatic heterocycles. The molecule has 0 aliphatic rings. The van der Waals surface area contributed by atoms with E-state index in [2.05, 4.69) is 22.3 Å². The van der Waals surface area contributed by atoms with Gasteiger partial charge < -0.3 is 10.2 Å². The number of hydrogen-bond acceptors (Lipinski definition) is 4. The van der Waals surface area contributed by atoms with Crippen LogP contribution in [-0.2, 0) is 0 Å². The standard InChI is InChI=1S/C14H13N3O/c1-9(15)13-16-17-14(18-13)12-7-6-10-4-2-3-5-11(10)8-12/h2-9H,15H2,1H3. The fraction of sp³-hybridized carbons (Fsp3) is 0.143. The van der Waals surface area contributed by atoms with Crippen LogP contribution in [0.4, 0.5) is 0 Å². The van der Waals surface area contributed by atoms with Gasteiger partial charge in [0.1, 0.15) is 0 Å². The molecule has 0 saturated heterocycles. The molecule has 0 aliphatic carbocycles. The number of nitrogens with two attached hydrogens (primary N) is 1. The van der Waals surface area contributed by atoms with Crippen molar-refractivity contribution < 1.29 is 4.42 Å². The minimum absolute atomic E-state index is 0.244. The summed E-state index contributed by atoms with van der Waals surface area (Å²) < 4.78 is 5.53. The van der Waals surface area contributed by atoms with E-state index in [0.29, 0.717) is 11.8 Å². The Labute approximate surface area is 104 Å². The monoisotopic (exact) mass is 239 g/mol. The number of benzene rings is 2. The van der Waals surface area contributed by atoms with Crippen molar-refractivity contribution in [2.24, 2.45) is 5.73 Å². The molecule has 0 aliphatic heterocycles. The van der Waals surface area contributed by atoms with Gasteiger partial charge in [-0.05, 0) is 29.8 Å². The summed E-state index contributed by atoms with van der Waals surface area (Å²) in [6.07, 6.45) is 0. The lowest BCUT2D eigenvalue weighted by molar-refractivity contribution is 0.473. The van der Waals surface area contributed by atoms with E-state index in [-0.39, 0.29) is 6.04 Å². The number of hydrogen-bond donors (Lipinski definition) is 1. The van der Waals surface area contributed by atoms with Crippen molar-refractivity contribution in [1.29, 1.82) is 0 Å². The second-order valence-corrected chi connectivity index (χ2v) is 4.30. The summed E-state index contributed by atoms with van der Waals surface area (Å²) in [6.45, 7) is 1.82. The second kappa shape index (κ2) is 4.23. The highest BCUT2D eigenvalue weighted by Crippen LogP contribution is 2.24. The lowest BCUT2D eigenvalue weighted by atomic mass is 10.1. The zero-order valence-electron chi connectivity index (χ0n) is 10.00. The van der Waals surface area contributed by atoms with Crippen LogP contribution >= 0.6 is 0 Å². The Bertz CT molecular complexity index is 688. The summed E-state index contributed by atoms with van der Waals surface area (Å²) in [7, 11) is 0.